The van der Waals surface area contributed by atoms with Crippen LogP contribution < -0.4 is 0 Å². The molecule has 0 heterocycles. The maximum atomic E-state index is 12.1. The molecule has 0 fully saturated rings. The Morgan fingerprint density at radius 1 is 0.792 bits per heavy atom. The van der Waals surface area contributed by atoms with Crippen molar-refractivity contribution in [1.29, 1.82) is 0 Å². The summed E-state index contributed by atoms with van der Waals surface area (Å²) in [5, 5.41) is 10.8. The standard InChI is InChI=1S/C13H9NO3.C7H8/c15-13(10-6-2-1-3-7-10)11-8-4-5-9-12(11)14(16)17;1-7-5-3-2-4-6-7/h1-9H;2-6H,1H3. The normalized spacial score (nSPS) is 9.54. The van der Waals surface area contributed by atoms with Gasteiger partial charge in [-0.05, 0) is 13.0 Å². The number of ketones is 1. The highest BCUT2D eigenvalue weighted by molar-refractivity contribution is 6.11. The molecule has 24 heavy (non-hydrogen) atoms. The Balaban J connectivity index is 0.000000249. The summed E-state index contributed by atoms with van der Waals surface area (Å²) in [6, 6.07) is 24.7. The number of aryl methyl sites for hydroxylation is 1. The third kappa shape index (κ3) is 4.61. The summed E-state index contributed by atoms with van der Waals surface area (Å²) in [7, 11) is 0. The minimum atomic E-state index is -0.545. The lowest BCUT2D eigenvalue weighted by Crippen LogP contribution is -2.04. The van der Waals surface area contributed by atoms with E-state index >= 15 is 0 Å². The number of nitro benzene ring substituents is 1. The first kappa shape index (κ1) is 17.1. The molecule has 0 unspecified atom stereocenters. The molecule has 0 saturated carbocycles. The van der Waals surface area contributed by atoms with Crippen molar-refractivity contribution in [3.05, 3.63) is 112 Å². The summed E-state index contributed by atoms with van der Waals surface area (Å²) in [6.45, 7) is 2.08. The number of hydrogen-bond donors (Lipinski definition) is 0. The van der Waals surface area contributed by atoms with E-state index in [4.69, 9.17) is 0 Å². The van der Waals surface area contributed by atoms with Crippen molar-refractivity contribution in [1.82, 2.24) is 0 Å². The van der Waals surface area contributed by atoms with E-state index < -0.39 is 4.92 Å². The van der Waals surface area contributed by atoms with Crippen molar-refractivity contribution in [2.75, 3.05) is 0 Å². The fourth-order valence-corrected chi connectivity index (χ4v) is 2.10. The Bertz CT molecular complexity index is 815. The molecule has 0 aliphatic rings. The third-order valence-electron chi connectivity index (χ3n) is 3.32. The molecule has 0 spiro atoms. The van der Waals surface area contributed by atoms with Crippen LogP contribution >= 0.6 is 0 Å². The fourth-order valence-electron chi connectivity index (χ4n) is 2.10. The zero-order chi connectivity index (χ0) is 17.4. The maximum Gasteiger partial charge on any atom is 0.280 e. The van der Waals surface area contributed by atoms with Gasteiger partial charge in [0.15, 0.2) is 5.78 Å². The van der Waals surface area contributed by atoms with Crippen molar-refractivity contribution >= 4 is 11.5 Å². The molecule has 0 amide bonds. The molecule has 0 aromatic heterocycles. The molecular weight excluding hydrogens is 302 g/mol. The van der Waals surface area contributed by atoms with Gasteiger partial charge in [-0.1, -0.05) is 78.4 Å². The molecule has 4 nitrogen and oxygen atoms in total. The second-order valence-corrected chi connectivity index (χ2v) is 5.12. The van der Waals surface area contributed by atoms with Gasteiger partial charge in [0.1, 0.15) is 5.56 Å². The van der Waals surface area contributed by atoms with Crippen LogP contribution in [0.4, 0.5) is 5.69 Å². The first-order chi connectivity index (χ1) is 11.6. The van der Waals surface area contributed by atoms with E-state index in [1.807, 2.05) is 18.2 Å². The van der Waals surface area contributed by atoms with E-state index in [1.165, 1.54) is 17.7 Å². The number of carbonyl (C=O) groups excluding carboxylic acids is 1. The van der Waals surface area contributed by atoms with Crippen LogP contribution in [-0.4, -0.2) is 10.7 Å². The maximum absolute atomic E-state index is 12.1. The van der Waals surface area contributed by atoms with Crippen LogP contribution in [0.15, 0.2) is 84.9 Å². The summed E-state index contributed by atoms with van der Waals surface area (Å²) < 4.78 is 0. The molecule has 4 heteroatoms. The van der Waals surface area contributed by atoms with Gasteiger partial charge in [-0.25, -0.2) is 0 Å². The Labute approximate surface area is 140 Å². The molecule has 0 saturated heterocycles. The number of nitro groups is 1. The van der Waals surface area contributed by atoms with Crippen LogP contribution in [-0.2, 0) is 0 Å². The topological polar surface area (TPSA) is 60.2 Å². The van der Waals surface area contributed by atoms with Gasteiger partial charge in [0.2, 0.25) is 0 Å². The molecule has 0 atom stereocenters. The SMILES string of the molecule is Cc1ccccc1.O=C(c1ccccc1)c1ccccc1[N+](=O)[O-]. The van der Waals surface area contributed by atoms with E-state index in [0.29, 0.717) is 5.56 Å². The van der Waals surface area contributed by atoms with Gasteiger partial charge in [0, 0.05) is 11.6 Å². The van der Waals surface area contributed by atoms with E-state index in [9.17, 15) is 14.9 Å². The number of para-hydroxylation sites is 1. The van der Waals surface area contributed by atoms with E-state index in [1.54, 1.807) is 42.5 Å². The van der Waals surface area contributed by atoms with Crippen LogP contribution in [0.25, 0.3) is 0 Å². The predicted molar refractivity (Wildman–Crippen MR) is 94.1 cm³/mol. The zero-order valence-electron chi connectivity index (χ0n) is 13.3. The second kappa shape index (κ2) is 8.39. The van der Waals surface area contributed by atoms with E-state index in [0.717, 1.165) is 0 Å². The Hall–Kier alpha value is -3.27. The fraction of sp³-hybridized carbons (Fsp3) is 0.0500. The number of benzene rings is 3. The second-order valence-electron chi connectivity index (χ2n) is 5.12. The monoisotopic (exact) mass is 319 g/mol. The van der Waals surface area contributed by atoms with Crippen LogP contribution in [0.5, 0.6) is 0 Å². The van der Waals surface area contributed by atoms with Crippen molar-refractivity contribution < 1.29 is 9.72 Å². The number of nitrogens with zero attached hydrogens (tertiary/aromatic N) is 1. The number of rotatable bonds is 3. The van der Waals surface area contributed by atoms with E-state index in [2.05, 4.69) is 19.1 Å². The van der Waals surface area contributed by atoms with E-state index in [-0.39, 0.29) is 17.0 Å². The minimum Gasteiger partial charge on any atom is -0.288 e. The molecule has 0 aliphatic heterocycles. The van der Waals surface area contributed by atoms with Crippen LogP contribution in [0.3, 0.4) is 0 Å². The lowest BCUT2D eigenvalue weighted by molar-refractivity contribution is -0.385. The molecule has 120 valence electrons. The highest BCUT2D eigenvalue weighted by Crippen LogP contribution is 2.20. The van der Waals surface area contributed by atoms with Gasteiger partial charge in [0.05, 0.1) is 4.92 Å². The Morgan fingerprint density at radius 2 is 1.29 bits per heavy atom. The lowest BCUT2D eigenvalue weighted by Gasteiger charge is -2.01. The average Bonchev–Trinajstić information content (AvgIpc) is 2.63. The van der Waals surface area contributed by atoms with Crippen LogP contribution in [0.1, 0.15) is 21.5 Å². The highest BCUT2D eigenvalue weighted by atomic mass is 16.6. The third-order valence-corrected chi connectivity index (χ3v) is 3.32. The average molecular weight is 319 g/mol. The number of carbonyl (C=O) groups is 1. The predicted octanol–water partition coefficient (Wildman–Crippen LogP) is 4.82. The highest BCUT2D eigenvalue weighted by Gasteiger charge is 2.19. The zero-order valence-corrected chi connectivity index (χ0v) is 13.3. The van der Waals surface area contributed by atoms with Crippen molar-refractivity contribution in [3.8, 4) is 0 Å². The molecular formula is C20H17NO3. The van der Waals surface area contributed by atoms with Gasteiger partial charge >= 0.3 is 0 Å². The first-order valence-electron chi connectivity index (χ1n) is 7.44. The van der Waals surface area contributed by atoms with Crippen LogP contribution in [0, 0.1) is 17.0 Å². The molecule has 0 bridgehead atoms. The Kier molecular flexibility index (Phi) is 5.97. The largest absolute Gasteiger partial charge is 0.288 e. The van der Waals surface area contributed by atoms with Gasteiger partial charge in [-0.2, -0.15) is 0 Å². The van der Waals surface area contributed by atoms with Gasteiger partial charge < -0.3 is 0 Å². The molecule has 0 aliphatic carbocycles. The Morgan fingerprint density at radius 3 is 1.79 bits per heavy atom. The van der Waals surface area contributed by atoms with Crippen LogP contribution in [0.2, 0.25) is 0 Å². The molecule has 3 aromatic carbocycles. The van der Waals surface area contributed by atoms with Gasteiger partial charge in [0.25, 0.3) is 5.69 Å². The smallest absolute Gasteiger partial charge is 0.280 e. The summed E-state index contributed by atoms with van der Waals surface area (Å²) >= 11 is 0. The van der Waals surface area contributed by atoms with Gasteiger partial charge in [-0.3, -0.25) is 14.9 Å². The summed E-state index contributed by atoms with van der Waals surface area (Å²) in [5.41, 5.74) is 1.72. The van der Waals surface area contributed by atoms with Crippen molar-refractivity contribution in [3.63, 3.8) is 0 Å². The first-order valence-corrected chi connectivity index (χ1v) is 7.44. The van der Waals surface area contributed by atoms with Crippen molar-refractivity contribution in [2.45, 2.75) is 6.92 Å². The quantitative estimate of drug-likeness (QED) is 0.395. The summed E-state index contributed by atoms with van der Waals surface area (Å²) in [6.07, 6.45) is 0. The minimum absolute atomic E-state index is 0.115. The summed E-state index contributed by atoms with van der Waals surface area (Å²) in [4.78, 5) is 22.3. The van der Waals surface area contributed by atoms with Crippen molar-refractivity contribution in [2.24, 2.45) is 0 Å². The lowest BCUT2D eigenvalue weighted by atomic mass is 10.0. The molecule has 0 radical (unpaired) electrons. The molecule has 0 N–H and O–H groups in total. The van der Waals surface area contributed by atoms with Gasteiger partial charge in [-0.15, -0.1) is 0 Å². The summed E-state index contributed by atoms with van der Waals surface area (Å²) in [5.74, 6) is -0.335. The molecule has 3 aromatic rings. The molecule has 3 rings (SSSR count). The number of hydrogen-bond acceptors (Lipinski definition) is 3.